The van der Waals surface area contributed by atoms with E-state index in [0.717, 1.165) is 30.8 Å². The van der Waals surface area contributed by atoms with Crippen LogP contribution in [0.25, 0.3) is 0 Å². The molecule has 1 heterocycles. The highest BCUT2D eigenvalue weighted by Crippen LogP contribution is 2.13. The molecule has 2 aromatic carbocycles. The normalized spacial score (nSPS) is 17.0. The fourth-order valence-corrected chi connectivity index (χ4v) is 2.55. The molecule has 0 saturated carbocycles. The molecule has 1 aliphatic heterocycles. The number of hydrogen-bond acceptors (Lipinski definition) is 3. The molecule has 23 heavy (non-hydrogen) atoms. The van der Waals surface area contributed by atoms with E-state index in [0.29, 0.717) is 18.7 Å². The van der Waals surface area contributed by atoms with Gasteiger partial charge in [0.05, 0.1) is 6.10 Å². The first-order valence-electron chi connectivity index (χ1n) is 7.98. The van der Waals surface area contributed by atoms with Gasteiger partial charge in [0.25, 0.3) is 5.91 Å². The third-order valence-corrected chi connectivity index (χ3v) is 3.88. The number of carbonyl (C=O) groups excluding carboxylic acids is 1. The molecular formula is C19H21NO3. The second-order valence-electron chi connectivity index (χ2n) is 5.64. The van der Waals surface area contributed by atoms with Crippen LogP contribution >= 0.6 is 0 Å². The Hall–Kier alpha value is -2.33. The number of nitrogens with one attached hydrogen (secondary N) is 1. The van der Waals surface area contributed by atoms with Crippen molar-refractivity contribution in [3.05, 3.63) is 65.7 Å². The van der Waals surface area contributed by atoms with Crippen LogP contribution in [0.4, 0.5) is 0 Å². The van der Waals surface area contributed by atoms with Gasteiger partial charge in [0, 0.05) is 18.7 Å². The minimum absolute atomic E-state index is 0.0592. The van der Waals surface area contributed by atoms with Gasteiger partial charge < -0.3 is 14.8 Å². The topological polar surface area (TPSA) is 47.6 Å². The summed E-state index contributed by atoms with van der Waals surface area (Å²) in [5.41, 5.74) is 1.69. The predicted octanol–water partition coefficient (Wildman–Crippen LogP) is 3.17. The average Bonchev–Trinajstić information content (AvgIpc) is 3.13. The van der Waals surface area contributed by atoms with Crippen LogP contribution in [0.2, 0.25) is 0 Å². The fraction of sp³-hybridized carbons (Fsp3) is 0.316. The van der Waals surface area contributed by atoms with Crippen molar-refractivity contribution in [3.8, 4) is 5.75 Å². The summed E-state index contributed by atoms with van der Waals surface area (Å²) >= 11 is 0. The molecule has 0 spiro atoms. The molecule has 120 valence electrons. The van der Waals surface area contributed by atoms with Gasteiger partial charge in [-0.05, 0) is 42.7 Å². The predicted molar refractivity (Wildman–Crippen MR) is 88.5 cm³/mol. The number of para-hydroxylation sites is 1. The Labute approximate surface area is 136 Å². The van der Waals surface area contributed by atoms with Crippen molar-refractivity contribution >= 4 is 5.91 Å². The molecule has 0 aromatic heterocycles. The van der Waals surface area contributed by atoms with Crippen molar-refractivity contribution in [1.29, 1.82) is 0 Å². The van der Waals surface area contributed by atoms with Gasteiger partial charge in [-0.25, -0.2) is 0 Å². The van der Waals surface area contributed by atoms with Crippen LogP contribution in [0.15, 0.2) is 54.6 Å². The first-order valence-corrected chi connectivity index (χ1v) is 7.98. The summed E-state index contributed by atoms with van der Waals surface area (Å²) in [4.78, 5) is 12.1. The van der Waals surface area contributed by atoms with Gasteiger partial charge in [0.1, 0.15) is 12.4 Å². The maximum atomic E-state index is 12.1. The second kappa shape index (κ2) is 7.79. The maximum absolute atomic E-state index is 12.1. The molecule has 0 bridgehead atoms. The van der Waals surface area contributed by atoms with Gasteiger partial charge in [-0.15, -0.1) is 0 Å². The van der Waals surface area contributed by atoms with Crippen LogP contribution in [-0.4, -0.2) is 25.2 Å². The van der Waals surface area contributed by atoms with E-state index < -0.39 is 0 Å². The summed E-state index contributed by atoms with van der Waals surface area (Å²) in [5, 5.41) is 2.92. The number of hydrogen-bond donors (Lipinski definition) is 1. The zero-order chi connectivity index (χ0) is 15.9. The molecule has 1 saturated heterocycles. The van der Waals surface area contributed by atoms with Gasteiger partial charge in [-0.2, -0.15) is 0 Å². The monoisotopic (exact) mass is 311 g/mol. The standard InChI is InChI=1S/C19H21NO3/c21-19(20-13-18-7-4-12-22-18)16-10-8-15(9-11-16)14-23-17-5-2-1-3-6-17/h1-3,5-6,8-11,18H,4,7,12-14H2,(H,20,21)/t18-/m0/s1. The number of ether oxygens (including phenoxy) is 2. The van der Waals surface area contributed by atoms with Crippen molar-refractivity contribution < 1.29 is 14.3 Å². The molecule has 0 unspecified atom stereocenters. The van der Waals surface area contributed by atoms with Gasteiger partial charge >= 0.3 is 0 Å². The molecule has 4 nitrogen and oxygen atoms in total. The molecule has 1 aliphatic rings. The quantitative estimate of drug-likeness (QED) is 0.891. The lowest BCUT2D eigenvalue weighted by molar-refractivity contribution is 0.0857. The van der Waals surface area contributed by atoms with Crippen LogP contribution in [0.5, 0.6) is 5.75 Å². The third-order valence-electron chi connectivity index (χ3n) is 3.88. The van der Waals surface area contributed by atoms with Crippen LogP contribution in [0.1, 0.15) is 28.8 Å². The lowest BCUT2D eigenvalue weighted by Crippen LogP contribution is -2.31. The van der Waals surface area contributed by atoms with Crippen LogP contribution in [0, 0.1) is 0 Å². The summed E-state index contributed by atoms with van der Waals surface area (Å²) in [5.74, 6) is 0.780. The van der Waals surface area contributed by atoms with E-state index >= 15 is 0 Å². The summed E-state index contributed by atoms with van der Waals surface area (Å²) in [6.45, 7) is 1.87. The molecule has 1 atom stereocenters. The molecule has 3 rings (SSSR count). The average molecular weight is 311 g/mol. The number of benzene rings is 2. The van der Waals surface area contributed by atoms with Gasteiger partial charge in [0.2, 0.25) is 0 Å². The Bertz CT molecular complexity index is 619. The highest BCUT2D eigenvalue weighted by Gasteiger charge is 2.16. The third kappa shape index (κ3) is 4.57. The SMILES string of the molecule is O=C(NC[C@@H]1CCCO1)c1ccc(COc2ccccc2)cc1. The Balaban J connectivity index is 1.49. The van der Waals surface area contributed by atoms with Crippen molar-refractivity contribution in [2.75, 3.05) is 13.2 Å². The van der Waals surface area contributed by atoms with Gasteiger partial charge in [-0.1, -0.05) is 30.3 Å². The Morgan fingerprint density at radius 2 is 1.91 bits per heavy atom. The lowest BCUT2D eigenvalue weighted by Gasteiger charge is -2.11. The van der Waals surface area contributed by atoms with Crippen LogP contribution in [-0.2, 0) is 11.3 Å². The van der Waals surface area contributed by atoms with E-state index in [-0.39, 0.29) is 12.0 Å². The summed E-state index contributed by atoms with van der Waals surface area (Å²) < 4.78 is 11.2. The Morgan fingerprint density at radius 3 is 2.61 bits per heavy atom. The number of carbonyl (C=O) groups is 1. The van der Waals surface area contributed by atoms with Gasteiger partial charge in [0.15, 0.2) is 0 Å². The molecule has 2 aromatic rings. The summed E-state index contributed by atoms with van der Waals surface area (Å²) in [6, 6.07) is 17.2. The van der Waals surface area contributed by atoms with Gasteiger partial charge in [-0.3, -0.25) is 4.79 Å². The zero-order valence-electron chi connectivity index (χ0n) is 13.0. The second-order valence-corrected chi connectivity index (χ2v) is 5.64. The Kier molecular flexibility index (Phi) is 5.27. The fourth-order valence-electron chi connectivity index (χ4n) is 2.55. The highest BCUT2D eigenvalue weighted by molar-refractivity contribution is 5.94. The minimum atomic E-state index is -0.0592. The maximum Gasteiger partial charge on any atom is 0.251 e. The molecular weight excluding hydrogens is 290 g/mol. The zero-order valence-corrected chi connectivity index (χ0v) is 13.0. The van der Waals surface area contributed by atoms with Crippen molar-refractivity contribution in [2.45, 2.75) is 25.6 Å². The lowest BCUT2D eigenvalue weighted by atomic mass is 10.1. The molecule has 4 heteroatoms. The van der Waals surface area contributed by atoms with E-state index in [1.165, 1.54) is 0 Å². The number of amides is 1. The van der Waals surface area contributed by atoms with Crippen molar-refractivity contribution in [2.24, 2.45) is 0 Å². The van der Waals surface area contributed by atoms with E-state index in [2.05, 4.69) is 5.32 Å². The molecule has 0 radical (unpaired) electrons. The minimum Gasteiger partial charge on any atom is -0.489 e. The van der Waals surface area contributed by atoms with E-state index in [4.69, 9.17) is 9.47 Å². The molecule has 1 fully saturated rings. The first kappa shape index (κ1) is 15.6. The number of rotatable bonds is 6. The highest BCUT2D eigenvalue weighted by atomic mass is 16.5. The molecule has 0 aliphatic carbocycles. The van der Waals surface area contributed by atoms with Crippen LogP contribution < -0.4 is 10.1 Å². The van der Waals surface area contributed by atoms with E-state index in [1.54, 1.807) is 0 Å². The largest absolute Gasteiger partial charge is 0.489 e. The van der Waals surface area contributed by atoms with E-state index in [1.807, 2.05) is 54.6 Å². The molecule has 1 N–H and O–H groups in total. The smallest absolute Gasteiger partial charge is 0.251 e. The van der Waals surface area contributed by atoms with Crippen LogP contribution in [0.3, 0.4) is 0 Å². The summed E-state index contributed by atoms with van der Waals surface area (Å²) in [7, 11) is 0. The van der Waals surface area contributed by atoms with E-state index in [9.17, 15) is 4.79 Å². The Morgan fingerprint density at radius 1 is 1.13 bits per heavy atom. The van der Waals surface area contributed by atoms with Crippen molar-refractivity contribution in [3.63, 3.8) is 0 Å². The molecule has 1 amide bonds. The summed E-state index contributed by atoms with van der Waals surface area (Å²) in [6.07, 6.45) is 2.27. The first-order chi connectivity index (χ1) is 11.3. The van der Waals surface area contributed by atoms with Crippen molar-refractivity contribution in [1.82, 2.24) is 5.32 Å².